The van der Waals surface area contributed by atoms with Gasteiger partial charge in [-0.05, 0) is 0 Å². The molecule has 5 atom stereocenters. The van der Waals surface area contributed by atoms with E-state index in [9.17, 15) is 24.9 Å². The Morgan fingerprint density at radius 2 is 2.04 bits per heavy atom. The van der Waals surface area contributed by atoms with Gasteiger partial charge in [0.15, 0.2) is 0 Å². The van der Waals surface area contributed by atoms with Gasteiger partial charge < -0.3 is 0 Å². The molecule has 0 spiro atoms. The summed E-state index contributed by atoms with van der Waals surface area (Å²) in [5.74, 6) is 0.0119. The molecule has 132 valence electrons. The molecule has 0 aliphatic heterocycles. The molecule has 2 heterocycles. The Morgan fingerprint density at radius 3 is 2.71 bits per heavy atom. The number of nitrogen functional groups attached to an aromatic ring is 1. The second-order valence-electron chi connectivity index (χ2n) is 6.62. The summed E-state index contributed by atoms with van der Waals surface area (Å²) in [5, 5.41) is 20.9. The van der Waals surface area contributed by atoms with E-state index < -0.39 is 31.6 Å². The summed E-state index contributed by atoms with van der Waals surface area (Å²) in [4.78, 5) is 40.9. The Hall–Kier alpha value is -0.690. The molecule has 0 bridgehead atoms. The molecule has 0 saturated heterocycles. The number of aromatic nitrogens is 4. The number of aliphatic hydroxyl groups is 2. The molecule has 4 rings (SSSR count). The predicted molar refractivity (Wildman–Crippen MR) is 93.9 cm³/mol. The molecular weight excluding hydrogens is 452 g/mol. The van der Waals surface area contributed by atoms with Crippen LogP contribution < -0.4 is 5.73 Å². The van der Waals surface area contributed by atoms with Gasteiger partial charge in [0.25, 0.3) is 0 Å². The third kappa shape index (κ3) is 2.34. The second-order valence-corrected chi connectivity index (χ2v) is 9.49. The molecule has 12 heteroatoms. The first-order chi connectivity index (χ1) is 11.1. The van der Waals surface area contributed by atoms with Crippen LogP contribution >= 0.6 is 30.5 Å². The van der Waals surface area contributed by atoms with Gasteiger partial charge >= 0.3 is 150 Å². The first kappa shape index (κ1) is 16.8. The quantitative estimate of drug-likeness (QED) is 0.183. The first-order valence-electron chi connectivity index (χ1n) is 7.33. The molecule has 24 heavy (non-hydrogen) atoms. The fourth-order valence-corrected chi connectivity index (χ4v) is 6.14. The van der Waals surface area contributed by atoms with E-state index in [4.69, 9.17) is 5.73 Å². The number of imidazole rings is 1. The zero-order valence-corrected chi connectivity index (χ0v) is 15.4. The number of anilines is 1. The average molecular weight is 469 g/mol. The van der Waals surface area contributed by atoms with Crippen LogP contribution in [-0.4, -0.2) is 62.8 Å². The number of halogens is 1. The van der Waals surface area contributed by atoms with E-state index in [0.717, 1.165) is 0 Å². The minimum absolute atomic E-state index is 0.216. The van der Waals surface area contributed by atoms with Crippen molar-refractivity contribution in [2.24, 2.45) is 11.3 Å². The summed E-state index contributed by atoms with van der Waals surface area (Å²) < 4.78 is 2.08. The van der Waals surface area contributed by atoms with Crippen LogP contribution in [0.4, 0.5) is 5.82 Å². The summed E-state index contributed by atoms with van der Waals surface area (Å²) in [6.45, 7) is 0. The van der Waals surface area contributed by atoms with Crippen LogP contribution in [0.25, 0.3) is 11.2 Å². The Labute approximate surface area is 150 Å². The van der Waals surface area contributed by atoms with Gasteiger partial charge in [-0.3, -0.25) is 0 Å². The molecule has 0 amide bonds. The molecule has 2 saturated carbocycles. The standard InChI is InChI=1S/C12H17IN5O5P/c13-11-16-9(14)5-10(17-11)18(3-15-5)6-4-1-12(4,2-24(21,22)23)8(20)7(6)19/h3-4,6-8,19-24H,1-2H2,(H2,14,16,17)/t4-,6-,7+,8+,12-/m1/s1. The fourth-order valence-electron chi connectivity index (χ4n) is 4.15. The molecule has 0 radical (unpaired) electrons. The molecule has 2 aromatic heterocycles. The van der Waals surface area contributed by atoms with Crippen molar-refractivity contribution in [1.29, 1.82) is 0 Å². The average Bonchev–Trinajstić information content (AvgIpc) is 2.90. The normalized spacial score (nSPS) is 36.1. The molecule has 0 aromatic carbocycles. The number of hydrogen-bond acceptors (Lipinski definition) is 9. The van der Waals surface area contributed by atoms with Crippen LogP contribution in [0.1, 0.15) is 12.5 Å². The minimum atomic E-state index is -4.35. The van der Waals surface area contributed by atoms with Gasteiger partial charge in [-0.15, -0.1) is 0 Å². The first-order valence-corrected chi connectivity index (χ1v) is 10.5. The predicted octanol–water partition coefficient (Wildman–Crippen LogP) is -1.23. The van der Waals surface area contributed by atoms with E-state index in [-0.39, 0.29) is 17.9 Å². The summed E-state index contributed by atoms with van der Waals surface area (Å²) >= 11 is 1.93. The summed E-state index contributed by atoms with van der Waals surface area (Å²) in [6, 6.07) is -0.536. The number of nitrogens with two attached hydrogens (primary N) is 1. The van der Waals surface area contributed by atoms with Gasteiger partial charge in [0.2, 0.25) is 0 Å². The number of aliphatic hydroxyl groups excluding tert-OH is 2. The summed E-state index contributed by atoms with van der Waals surface area (Å²) in [7, 11) is -4.35. The molecule has 2 fully saturated rings. The van der Waals surface area contributed by atoms with E-state index in [1.165, 1.54) is 6.33 Å². The van der Waals surface area contributed by atoms with Crippen molar-refractivity contribution in [2.45, 2.75) is 24.7 Å². The van der Waals surface area contributed by atoms with Gasteiger partial charge in [-0.1, -0.05) is 0 Å². The Balaban J connectivity index is 1.76. The molecule has 0 unspecified atom stereocenters. The fraction of sp³-hybridized carbons (Fsp3) is 0.583. The zero-order chi connectivity index (χ0) is 17.4. The van der Waals surface area contributed by atoms with Gasteiger partial charge in [0.1, 0.15) is 0 Å². The van der Waals surface area contributed by atoms with E-state index >= 15 is 0 Å². The maximum absolute atomic E-state index is 10.5. The van der Waals surface area contributed by atoms with Crippen LogP contribution in [0.15, 0.2) is 6.33 Å². The van der Waals surface area contributed by atoms with Gasteiger partial charge in [-0.2, -0.15) is 0 Å². The van der Waals surface area contributed by atoms with Gasteiger partial charge in [0, 0.05) is 0 Å². The molecule has 10 nitrogen and oxygen atoms in total. The monoisotopic (exact) mass is 469 g/mol. The van der Waals surface area contributed by atoms with E-state index in [2.05, 4.69) is 15.0 Å². The van der Waals surface area contributed by atoms with Crippen LogP contribution in [0, 0.1) is 15.2 Å². The zero-order valence-electron chi connectivity index (χ0n) is 12.3. The van der Waals surface area contributed by atoms with E-state index in [0.29, 0.717) is 21.4 Å². The van der Waals surface area contributed by atoms with Crippen molar-refractivity contribution in [3.8, 4) is 0 Å². The second kappa shape index (κ2) is 5.16. The van der Waals surface area contributed by atoms with E-state index in [1.807, 2.05) is 22.6 Å². The van der Waals surface area contributed by atoms with Crippen LogP contribution in [0.2, 0.25) is 0 Å². The van der Waals surface area contributed by atoms with Crippen molar-refractivity contribution >= 4 is 47.5 Å². The SMILES string of the molecule is Nc1nc(I)nc2c1ncn2[C@H]1[C@H](O)[C@H](O)[C@@]2(C[PH](O)(O)O)C[C@H]12. The number of nitrogens with zero attached hydrogens (tertiary/aromatic N) is 4. The Bertz CT molecular complexity index is 828. The molecule has 2 aliphatic rings. The molecule has 7 N–H and O–H groups in total. The molecule has 2 aromatic rings. The molecular formula is C12H17IN5O5P. The number of fused-ring (bicyclic) bond motifs is 2. The number of rotatable bonds is 3. The third-order valence-corrected chi connectivity index (χ3v) is 6.78. The van der Waals surface area contributed by atoms with Crippen LogP contribution in [0.3, 0.4) is 0 Å². The van der Waals surface area contributed by atoms with Gasteiger partial charge in [-0.25, -0.2) is 0 Å². The topological polar surface area (TPSA) is 171 Å². The van der Waals surface area contributed by atoms with Crippen molar-refractivity contribution < 1.29 is 24.9 Å². The third-order valence-electron chi connectivity index (χ3n) is 5.16. The Kier molecular flexibility index (Phi) is 3.60. The maximum atomic E-state index is 10.5. The van der Waals surface area contributed by atoms with Crippen molar-refractivity contribution in [3.63, 3.8) is 0 Å². The van der Waals surface area contributed by atoms with E-state index in [1.54, 1.807) is 4.57 Å². The van der Waals surface area contributed by atoms with Crippen molar-refractivity contribution in [1.82, 2.24) is 19.5 Å². The van der Waals surface area contributed by atoms with Crippen molar-refractivity contribution in [2.75, 3.05) is 11.9 Å². The van der Waals surface area contributed by atoms with Gasteiger partial charge in [0.05, 0.1) is 0 Å². The Morgan fingerprint density at radius 1 is 1.33 bits per heavy atom. The van der Waals surface area contributed by atoms with Crippen LogP contribution in [-0.2, 0) is 0 Å². The van der Waals surface area contributed by atoms with Crippen LogP contribution in [0.5, 0.6) is 0 Å². The number of hydrogen-bond donors (Lipinski definition) is 6. The summed E-state index contributed by atoms with van der Waals surface area (Å²) in [5.41, 5.74) is 5.81. The van der Waals surface area contributed by atoms with Crippen molar-refractivity contribution in [3.05, 3.63) is 10.2 Å². The summed E-state index contributed by atoms with van der Waals surface area (Å²) in [6.07, 6.45) is -0.639. The molecule has 2 aliphatic carbocycles.